The molecule has 1 aliphatic carbocycles. The molecule has 0 atom stereocenters. The first-order valence-corrected chi connectivity index (χ1v) is 10.5. The molecule has 3 aromatic rings. The number of carbonyl (C=O) groups is 1. The summed E-state index contributed by atoms with van der Waals surface area (Å²) < 4.78 is 8.42. The van der Waals surface area contributed by atoms with E-state index in [0.717, 1.165) is 34.7 Å². The molecule has 0 unspecified atom stereocenters. The van der Waals surface area contributed by atoms with Gasteiger partial charge in [-0.25, -0.2) is 4.79 Å². The fourth-order valence-corrected chi connectivity index (χ4v) is 5.85. The maximum atomic E-state index is 12.5. The number of esters is 1. The molecule has 4 nitrogen and oxygen atoms in total. The van der Waals surface area contributed by atoms with Crippen LogP contribution in [-0.4, -0.2) is 22.4 Å². The molecule has 1 aliphatic rings. The molecule has 4 rings (SSSR count). The first-order valence-electron chi connectivity index (χ1n) is 8.69. The van der Waals surface area contributed by atoms with Gasteiger partial charge in [-0.1, -0.05) is 30.3 Å². The summed E-state index contributed by atoms with van der Waals surface area (Å²) in [5.41, 5.74) is 5.99. The molecule has 0 fully saturated rings. The largest absolute Gasteiger partial charge is 0.462 e. The lowest BCUT2D eigenvalue weighted by Crippen LogP contribution is -2.10. The van der Waals surface area contributed by atoms with Crippen LogP contribution in [-0.2, 0) is 30.4 Å². The lowest BCUT2D eigenvalue weighted by Gasteiger charge is -2.16. The molecule has 0 saturated carbocycles. The molecule has 0 amide bonds. The predicted molar refractivity (Wildman–Crippen MR) is 106 cm³/mol. The van der Waals surface area contributed by atoms with E-state index in [4.69, 9.17) is 4.74 Å². The fourth-order valence-electron chi connectivity index (χ4n) is 3.35. The van der Waals surface area contributed by atoms with Crippen LogP contribution in [0.4, 0.5) is 0 Å². The molecule has 2 aromatic heterocycles. The Kier molecular flexibility index (Phi) is 4.87. The van der Waals surface area contributed by atoms with Gasteiger partial charge in [-0.3, -0.25) is 4.68 Å². The topological polar surface area (TPSA) is 44.1 Å². The minimum absolute atomic E-state index is 0.203. The highest BCUT2D eigenvalue weighted by atomic mass is 32.2. The molecule has 134 valence electrons. The Balaban J connectivity index is 1.76. The average molecular weight is 385 g/mol. The van der Waals surface area contributed by atoms with Crippen LogP contribution in [0.3, 0.4) is 0 Å². The number of benzene rings is 1. The number of ether oxygens (including phenoxy) is 1. The van der Waals surface area contributed by atoms with Crippen molar-refractivity contribution in [2.24, 2.45) is 7.05 Å². The minimum Gasteiger partial charge on any atom is -0.462 e. The molecule has 0 N–H and O–H groups in total. The van der Waals surface area contributed by atoms with Gasteiger partial charge in [0.2, 0.25) is 0 Å². The average Bonchev–Trinajstić information content (AvgIpc) is 3.22. The molecule has 0 saturated heterocycles. The maximum absolute atomic E-state index is 12.5. The van der Waals surface area contributed by atoms with Crippen LogP contribution in [0.15, 0.2) is 40.7 Å². The van der Waals surface area contributed by atoms with E-state index in [0.29, 0.717) is 6.61 Å². The Bertz CT molecular complexity index is 944. The van der Waals surface area contributed by atoms with Gasteiger partial charge in [0, 0.05) is 18.4 Å². The molecule has 1 aromatic carbocycles. The zero-order chi connectivity index (χ0) is 18.1. The van der Waals surface area contributed by atoms with E-state index in [1.54, 1.807) is 23.1 Å². The fraction of sp³-hybridized carbons (Fsp3) is 0.300. The summed E-state index contributed by atoms with van der Waals surface area (Å²) in [7, 11) is 1.97. The SMILES string of the molecule is CCOC(=O)c1sc(SCc2ccccc2)c2c1CCc1cnn(C)c1-2. The van der Waals surface area contributed by atoms with Crippen molar-refractivity contribution < 1.29 is 9.53 Å². The van der Waals surface area contributed by atoms with Gasteiger partial charge in [-0.2, -0.15) is 5.10 Å². The van der Waals surface area contributed by atoms with E-state index in [1.165, 1.54) is 20.9 Å². The second kappa shape index (κ2) is 7.29. The van der Waals surface area contributed by atoms with Crippen molar-refractivity contribution in [1.29, 1.82) is 0 Å². The Morgan fingerprint density at radius 2 is 2.12 bits per heavy atom. The van der Waals surface area contributed by atoms with Crippen molar-refractivity contribution in [2.75, 3.05) is 6.61 Å². The van der Waals surface area contributed by atoms with Crippen molar-refractivity contribution in [1.82, 2.24) is 9.78 Å². The van der Waals surface area contributed by atoms with Gasteiger partial charge in [-0.15, -0.1) is 23.1 Å². The maximum Gasteiger partial charge on any atom is 0.348 e. The zero-order valence-corrected chi connectivity index (χ0v) is 16.5. The van der Waals surface area contributed by atoms with E-state index >= 15 is 0 Å². The van der Waals surface area contributed by atoms with Gasteiger partial charge in [0.15, 0.2) is 0 Å². The standard InChI is InChI=1S/C20H20N2O2S2/c1-3-24-19(23)18-15-10-9-14-11-21-22(2)17(14)16(15)20(26-18)25-12-13-7-5-4-6-8-13/h4-8,11H,3,9-10,12H2,1-2H3. The minimum atomic E-state index is -0.203. The van der Waals surface area contributed by atoms with Crippen molar-refractivity contribution in [3.63, 3.8) is 0 Å². The first-order chi connectivity index (χ1) is 12.7. The van der Waals surface area contributed by atoms with E-state index in [1.807, 2.05) is 30.9 Å². The highest BCUT2D eigenvalue weighted by Crippen LogP contribution is 2.47. The summed E-state index contributed by atoms with van der Waals surface area (Å²) in [5, 5.41) is 4.44. The molecule has 2 heterocycles. The summed E-state index contributed by atoms with van der Waals surface area (Å²) in [6, 6.07) is 10.4. The van der Waals surface area contributed by atoms with Crippen molar-refractivity contribution in [3.05, 3.63) is 58.1 Å². The molecule has 0 bridgehead atoms. The number of aromatic nitrogens is 2. The smallest absolute Gasteiger partial charge is 0.348 e. The monoisotopic (exact) mass is 384 g/mol. The molecule has 0 radical (unpaired) electrons. The number of nitrogens with zero attached hydrogens (tertiary/aromatic N) is 2. The third kappa shape index (κ3) is 3.08. The third-order valence-corrected chi connectivity index (χ3v) is 7.10. The number of carbonyl (C=O) groups excluding carboxylic acids is 1. The molecular weight excluding hydrogens is 364 g/mol. The number of hydrogen-bond donors (Lipinski definition) is 0. The molecule has 0 spiro atoms. The lowest BCUT2D eigenvalue weighted by atomic mass is 9.92. The number of aryl methyl sites for hydroxylation is 2. The van der Waals surface area contributed by atoms with Crippen LogP contribution in [0.5, 0.6) is 0 Å². The number of thioether (sulfide) groups is 1. The lowest BCUT2D eigenvalue weighted by molar-refractivity contribution is 0.0531. The zero-order valence-electron chi connectivity index (χ0n) is 14.8. The van der Waals surface area contributed by atoms with Crippen LogP contribution in [0.2, 0.25) is 0 Å². The summed E-state index contributed by atoms with van der Waals surface area (Å²) in [6.07, 6.45) is 3.73. The Morgan fingerprint density at radius 3 is 2.88 bits per heavy atom. The van der Waals surface area contributed by atoms with E-state index in [9.17, 15) is 4.79 Å². The quantitative estimate of drug-likeness (QED) is 0.472. The summed E-state index contributed by atoms with van der Waals surface area (Å²) in [4.78, 5) is 13.2. The van der Waals surface area contributed by atoms with Crippen LogP contribution >= 0.6 is 23.1 Å². The normalized spacial score (nSPS) is 12.5. The Morgan fingerprint density at radius 1 is 1.31 bits per heavy atom. The summed E-state index contributed by atoms with van der Waals surface area (Å²) >= 11 is 3.36. The van der Waals surface area contributed by atoms with E-state index in [2.05, 4.69) is 29.4 Å². The van der Waals surface area contributed by atoms with Crippen LogP contribution in [0, 0.1) is 0 Å². The van der Waals surface area contributed by atoms with Crippen LogP contribution in [0.1, 0.15) is 33.3 Å². The molecular formula is C20H20N2O2S2. The highest BCUT2D eigenvalue weighted by Gasteiger charge is 2.31. The second-order valence-corrected chi connectivity index (χ2v) is 8.47. The van der Waals surface area contributed by atoms with Gasteiger partial charge in [-0.05, 0) is 36.5 Å². The van der Waals surface area contributed by atoms with Gasteiger partial charge in [0.25, 0.3) is 0 Å². The summed E-state index contributed by atoms with van der Waals surface area (Å²) in [5.74, 6) is 0.675. The van der Waals surface area contributed by atoms with Crippen molar-refractivity contribution in [3.8, 4) is 11.3 Å². The van der Waals surface area contributed by atoms with Crippen molar-refractivity contribution >= 4 is 29.1 Å². The molecule has 6 heteroatoms. The van der Waals surface area contributed by atoms with Gasteiger partial charge in [0.05, 0.1) is 22.7 Å². The number of fused-ring (bicyclic) bond motifs is 3. The van der Waals surface area contributed by atoms with E-state index in [-0.39, 0.29) is 5.97 Å². The van der Waals surface area contributed by atoms with Crippen LogP contribution in [0.25, 0.3) is 11.3 Å². The first kappa shape index (κ1) is 17.4. The molecule has 26 heavy (non-hydrogen) atoms. The molecule has 0 aliphatic heterocycles. The highest BCUT2D eigenvalue weighted by molar-refractivity contribution is 8.00. The van der Waals surface area contributed by atoms with Gasteiger partial charge < -0.3 is 4.74 Å². The Labute approximate surface area is 161 Å². The Hall–Kier alpha value is -2.05. The predicted octanol–water partition coefficient (Wildman–Crippen LogP) is 4.72. The number of thiophene rings is 1. The van der Waals surface area contributed by atoms with Gasteiger partial charge in [0.1, 0.15) is 4.88 Å². The number of hydrogen-bond acceptors (Lipinski definition) is 5. The van der Waals surface area contributed by atoms with Gasteiger partial charge >= 0.3 is 5.97 Å². The second-order valence-electron chi connectivity index (χ2n) is 6.21. The third-order valence-electron chi connectivity index (χ3n) is 4.54. The van der Waals surface area contributed by atoms with Crippen LogP contribution < -0.4 is 0 Å². The van der Waals surface area contributed by atoms with E-state index < -0.39 is 0 Å². The summed E-state index contributed by atoms with van der Waals surface area (Å²) in [6.45, 7) is 2.25. The van der Waals surface area contributed by atoms with Crippen molar-refractivity contribution in [2.45, 2.75) is 29.7 Å². The number of rotatable bonds is 5.